The van der Waals surface area contributed by atoms with Crippen LogP contribution in [0, 0.1) is 0 Å². The maximum absolute atomic E-state index is 12.6. The highest BCUT2D eigenvalue weighted by atomic mass is 16.2. The third kappa shape index (κ3) is 3.54. The van der Waals surface area contributed by atoms with Gasteiger partial charge in [-0.15, -0.1) is 0 Å². The fourth-order valence-corrected chi connectivity index (χ4v) is 2.45. The van der Waals surface area contributed by atoms with Crippen molar-refractivity contribution in [1.82, 2.24) is 9.80 Å². The van der Waals surface area contributed by atoms with Crippen molar-refractivity contribution in [2.75, 3.05) is 39.0 Å². The molecule has 0 bridgehead atoms. The van der Waals surface area contributed by atoms with Gasteiger partial charge in [0, 0.05) is 38.4 Å². The van der Waals surface area contributed by atoms with Crippen molar-refractivity contribution in [3.63, 3.8) is 0 Å². The molecule has 1 aromatic rings. The molecular formula is C16H23N3O2. The van der Waals surface area contributed by atoms with Crippen LogP contribution >= 0.6 is 0 Å². The molecule has 2 rings (SSSR count). The zero-order chi connectivity index (χ0) is 15.4. The lowest BCUT2D eigenvalue weighted by molar-refractivity contribution is -0.129. The van der Waals surface area contributed by atoms with Gasteiger partial charge in [0.05, 0.1) is 0 Å². The average Bonchev–Trinajstić information content (AvgIpc) is 2.93. The summed E-state index contributed by atoms with van der Waals surface area (Å²) in [6.07, 6.45) is 1.78. The van der Waals surface area contributed by atoms with Crippen LogP contribution in [0.4, 0.5) is 5.69 Å². The lowest BCUT2D eigenvalue weighted by atomic mass is 10.1. The average molecular weight is 289 g/mol. The number of carbonyl (C=O) groups excluding carboxylic acids is 2. The molecule has 0 fully saturated rings. The third-order valence-corrected chi connectivity index (χ3v) is 3.67. The molecule has 1 aromatic carbocycles. The van der Waals surface area contributed by atoms with Gasteiger partial charge in [0.1, 0.15) is 6.54 Å². The standard InChI is InChI=1S/C16H23N3O2/c1-4-9-19(11-15(20)18(2)3)16(21)13-5-6-14-12(10-13)7-8-17-14/h5-6,10,17H,4,7-9,11H2,1-3H3. The highest BCUT2D eigenvalue weighted by molar-refractivity contribution is 5.97. The van der Waals surface area contributed by atoms with E-state index in [1.165, 1.54) is 10.5 Å². The number of hydrogen-bond acceptors (Lipinski definition) is 3. The molecule has 0 atom stereocenters. The lowest BCUT2D eigenvalue weighted by Gasteiger charge is -2.23. The van der Waals surface area contributed by atoms with E-state index in [1.807, 2.05) is 25.1 Å². The maximum Gasteiger partial charge on any atom is 0.254 e. The number of fused-ring (bicyclic) bond motifs is 1. The van der Waals surface area contributed by atoms with Crippen LogP contribution in [0.5, 0.6) is 0 Å². The maximum atomic E-state index is 12.6. The molecule has 1 aliphatic heterocycles. The van der Waals surface area contributed by atoms with Gasteiger partial charge in [-0.3, -0.25) is 9.59 Å². The molecule has 1 aliphatic rings. The first-order chi connectivity index (χ1) is 10.0. The van der Waals surface area contributed by atoms with Crippen molar-refractivity contribution in [3.8, 4) is 0 Å². The zero-order valence-electron chi connectivity index (χ0n) is 13.0. The second kappa shape index (κ2) is 6.61. The summed E-state index contributed by atoms with van der Waals surface area (Å²) in [4.78, 5) is 27.6. The Bertz CT molecular complexity index is 540. The van der Waals surface area contributed by atoms with Gasteiger partial charge in [0.2, 0.25) is 5.91 Å². The highest BCUT2D eigenvalue weighted by Gasteiger charge is 2.20. The van der Waals surface area contributed by atoms with Gasteiger partial charge in [-0.1, -0.05) is 6.92 Å². The molecule has 5 nitrogen and oxygen atoms in total. The first-order valence-electron chi connectivity index (χ1n) is 7.39. The van der Waals surface area contributed by atoms with Gasteiger partial charge in [-0.05, 0) is 36.6 Å². The van der Waals surface area contributed by atoms with Crippen LogP contribution < -0.4 is 5.32 Å². The Hall–Kier alpha value is -2.04. The number of likely N-dealkylation sites (N-methyl/N-ethyl adjacent to an activating group) is 1. The van der Waals surface area contributed by atoms with Gasteiger partial charge >= 0.3 is 0 Å². The number of anilines is 1. The molecule has 0 aliphatic carbocycles. The summed E-state index contributed by atoms with van der Waals surface area (Å²) in [5.74, 6) is -0.124. The molecule has 0 aromatic heterocycles. The lowest BCUT2D eigenvalue weighted by Crippen LogP contribution is -2.40. The van der Waals surface area contributed by atoms with Crippen molar-refractivity contribution in [3.05, 3.63) is 29.3 Å². The van der Waals surface area contributed by atoms with E-state index < -0.39 is 0 Å². The van der Waals surface area contributed by atoms with Gasteiger partial charge in [0.25, 0.3) is 5.91 Å². The van der Waals surface area contributed by atoms with E-state index in [-0.39, 0.29) is 18.4 Å². The molecule has 0 saturated carbocycles. The molecule has 5 heteroatoms. The number of rotatable bonds is 5. The second-order valence-corrected chi connectivity index (χ2v) is 5.56. The fourth-order valence-electron chi connectivity index (χ4n) is 2.45. The van der Waals surface area contributed by atoms with Crippen LogP contribution in [-0.2, 0) is 11.2 Å². The molecule has 1 N–H and O–H groups in total. The first-order valence-corrected chi connectivity index (χ1v) is 7.39. The van der Waals surface area contributed by atoms with E-state index >= 15 is 0 Å². The summed E-state index contributed by atoms with van der Waals surface area (Å²) in [7, 11) is 3.41. The van der Waals surface area contributed by atoms with Crippen molar-refractivity contribution in [2.45, 2.75) is 19.8 Å². The number of nitrogens with zero attached hydrogens (tertiary/aromatic N) is 2. The second-order valence-electron chi connectivity index (χ2n) is 5.56. The normalized spacial score (nSPS) is 12.5. The van der Waals surface area contributed by atoms with Gasteiger partial charge < -0.3 is 15.1 Å². The predicted octanol–water partition coefficient (Wildman–Crippen LogP) is 1.59. The van der Waals surface area contributed by atoms with Crippen LogP contribution in [0.1, 0.15) is 29.3 Å². The minimum absolute atomic E-state index is 0.0559. The monoisotopic (exact) mass is 289 g/mol. The molecule has 114 valence electrons. The Labute approximate surface area is 125 Å². The van der Waals surface area contributed by atoms with E-state index in [0.717, 1.165) is 25.1 Å². The van der Waals surface area contributed by atoms with Gasteiger partial charge in [-0.25, -0.2) is 0 Å². The van der Waals surface area contributed by atoms with Crippen molar-refractivity contribution >= 4 is 17.5 Å². The van der Waals surface area contributed by atoms with E-state index in [4.69, 9.17) is 0 Å². The van der Waals surface area contributed by atoms with Crippen LogP contribution in [0.25, 0.3) is 0 Å². The minimum atomic E-state index is -0.0678. The Morgan fingerprint density at radius 2 is 2.05 bits per heavy atom. The van der Waals surface area contributed by atoms with E-state index in [0.29, 0.717) is 12.1 Å². The molecule has 2 amide bonds. The first kappa shape index (κ1) is 15.4. The minimum Gasteiger partial charge on any atom is -0.384 e. The summed E-state index contributed by atoms with van der Waals surface area (Å²) < 4.78 is 0. The van der Waals surface area contributed by atoms with Crippen LogP contribution in [0.15, 0.2) is 18.2 Å². The quantitative estimate of drug-likeness (QED) is 0.895. The Kier molecular flexibility index (Phi) is 4.83. The summed E-state index contributed by atoms with van der Waals surface area (Å²) in [5.41, 5.74) is 2.95. The van der Waals surface area contributed by atoms with Crippen molar-refractivity contribution < 1.29 is 9.59 Å². The Morgan fingerprint density at radius 3 is 2.71 bits per heavy atom. The van der Waals surface area contributed by atoms with E-state index in [2.05, 4.69) is 5.32 Å². The van der Waals surface area contributed by atoms with Crippen LogP contribution in [-0.4, -0.2) is 55.3 Å². The van der Waals surface area contributed by atoms with Crippen molar-refractivity contribution in [1.29, 1.82) is 0 Å². The molecule has 0 radical (unpaired) electrons. The molecular weight excluding hydrogens is 266 g/mol. The number of carbonyl (C=O) groups is 2. The topological polar surface area (TPSA) is 52.7 Å². The third-order valence-electron chi connectivity index (χ3n) is 3.67. The van der Waals surface area contributed by atoms with Crippen LogP contribution in [0.2, 0.25) is 0 Å². The molecule has 0 spiro atoms. The summed E-state index contributed by atoms with van der Waals surface area (Å²) in [6, 6.07) is 5.73. The number of nitrogens with one attached hydrogen (secondary N) is 1. The van der Waals surface area contributed by atoms with Crippen LogP contribution in [0.3, 0.4) is 0 Å². The van der Waals surface area contributed by atoms with Gasteiger partial charge in [0.15, 0.2) is 0 Å². The van der Waals surface area contributed by atoms with E-state index in [9.17, 15) is 9.59 Å². The number of benzene rings is 1. The van der Waals surface area contributed by atoms with Crippen molar-refractivity contribution in [2.24, 2.45) is 0 Å². The number of amides is 2. The van der Waals surface area contributed by atoms with E-state index in [1.54, 1.807) is 19.0 Å². The Morgan fingerprint density at radius 1 is 1.29 bits per heavy atom. The number of hydrogen-bond donors (Lipinski definition) is 1. The summed E-state index contributed by atoms with van der Waals surface area (Å²) in [6.45, 7) is 3.65. The molecule has 1 heterocycles. The highest BCUT2D eigenvalue weighted by Crippen LogP contribution is 2.23. The van der Waals surface area contributed by atoms with Gasteiger partial charge in [-0.2, -0.15) is 0 Å². The zero-order valence-corrected chi connectivity index (χ0v) is 13.0. The SMILES string of the molecule is CCCN(CC(=O)N(C)C)C(=O)c1ccc2c(c1)CCN2. The largest absolute Gasteiger partial charge is 0.384 e. The summed E-state index contributed by atoms with van der Waals surface area (Å²) in [5, 5.41) is 3.28. The molecule has 21 heavy (non-hydrogen) atoms. The summed E-state index contributed by atoms with van der Waals surface area (Å²) >= 11 is 0. The fraction of sp³-hybridized carbons (Fsp3) is 0.500. The Balaban J connectivity index is 2.16. The molecule has 0 unspecified atom stereocenters. The predicted molar refractivity (Wildman–Crippen MR) is 83.5 cm³/mol. The molecule has 0 saturated heterocycles. The smallest absolute Gasteiger partial charge is 0.254 e.